The van der Waals surface area contributed by atoms with E-state index >= 15 is 0 Å². The number of rotatable bonds is 5. The van der Waals surface area contributed by atoms with E-state index in [2.05, 4.69) is 19.8 Å². The smallest absolute Gasteiger partial charge is 0.306 e. The van der Waals surface area contributed by atoms with Gasteiger partial charge in [-0.2, -0.15) is 0 Å². The van der Waals surface area contributed by atoms with Crippen molar-refractivity contribution in [3.05, 3.63) is 18.5 Å². The quantitative estimate of drug-likeness (QED) is 0.826. The predicted octanol–water partition coefficient (Wildman–Crippen LogP) is 0.702. The first-order valence-electron chi connectivity index (χ1n) is 9.38. The van der Waals surface area contributed by atoms with Crippen LogP contribution < -0.4 is 4.90 Å². The van der Waals surface area contributed by atoms with E-state index in [0.717, 1.165) is 45.1 Å². The summed E-state index contributed by atoms with van der Waals surface area (Å²) in [7, 11) is 0. The largest absolute Gasteiger partial charge is 0.481 e. The number of carbonyl (C=O) groups excluding carboxylic acids is 1. The Morgan fingerprint density at radius 1 is 1.04 bits per heavy atom. The lowest BCUT2D eigenvalue weighted by Crippen LogP contribution is -2.41. The number of nitrogens with zero attached hydrogens (tertiary/aromatic N) is 5. The fourth-order valence-corrected chi connectivity index (χ4v) is 3.64. The van der Waals surface area contributed by atoms with Crippen LogP contribution in [0.2, 0.25) is 0 Å². The van der Waals surface area contributed by atoms with Crippen molar-refractivity contribution in [1.29, 1.82) is 0 Å². The van der Waals surface area contributed by atoms with Gasteiger partial charge in [0.2, 0.25) is 11.9 Å². The highest BCUT2D eigenvalue weighted by Crippen LogP contribution is 2.18. The second kappa shape index (κ2) is 8.93. The van der Waals surface area contributed by atoms with E-state index in [4.69, 9.17) is 5.11 Å². The molecule has 142 valence electrons. The van der Waals surface area contributed by atoms with Gasteiger partial charge in [0.15, 0.2) is 0 Å². The molecule has 2 aliphatic rings. The van der Waals surface area contributed by atoms with Gasteiger partial charge in [0.1, 0.15) is 0 Å². The van der Waals surface area contributed by atoms with Crippen molar-refractivity contribution in [1.82, 2.24) is 19.8 Å². The maximum atomic E-state index is 12.4. The zero-order chi connectivity index (χ0) is 18.4. The van der Waals surface area contributed by atoms with Crippen molar-refractivity contribution >= 4 is 17.8 Å². The van der Waals surface area contributed by atoms with Gasteiger partial charge in [-0.1, -0.05) is 0 Å². The number of aliphatic carboxylic acids is 1. The molecule has 1 amide bonds. The van der Waals surface area contributed by atoms with Crippen LogP contribution in [0.25, 0.3) is 0 Å². The lowest BCUT2D eigenvalue weighted by atomic mass is 9.97. The van der Waals surface area contributed by atoms with Gasteiger partial charge in [0.25, 0.3) is 0 Å². The topological polar surface area (TPSA) is 89.9 Å². The Morgan fingerprint density at radius 2 is 1.77 bits per heavy atom. The molecular formula is C18H27N5O3. The van der Waals surface area contributed by atoms with Crippen LogP contribution in [0.3, 0.4) is 0 Å². The number of likely N-dealkylation sites (tertiary alicyclic amines) is 1. The van der Waals surface area contributed by atoms with Crippen LogP contribution in [0.5, 0.6) is 0 Å². The first-order chi connectivity index (χ1) is 12.6. The Kier molecular flexibility index (Phi) is 6.38. The van der Waals surface area contributed by atoms with Crippen LogP contribution >= 0.6 is 0 Å². The number of piperidine rings is 1. The van der Waals surface area contributed by atoms with E-state index < -0.39 is 5.97 Å². The summed E-state index contributed by atoms with van der Waals surface area (Å²) in [5.74, 6) is -0.127. The molecule has 0 unspecified atom stereocenters. The first-order valence-corrected chi connectivity index (χ1v) is 9.38. The molecule has 1 N–H and O–H groups in total. The molecule has 2 saturated heterocycles. The molecule has 0 radical (unpaired) electrons. The number of carboxylic acid groups (broad SMARTS) is 1. The Bertz CT molecular complexity index is 604. The van der Waals surface area contributed by atoms with E-state index in [-0.39, 0.29) is 11.8 Å². The van der Waals surface area contributed by atoms with Crippen LogP contribution in [-0.2, 0) is 9.59 Å². The van der Waals surface area contributed by atoms with Gasteiger partial charge in [-0.25, -0.2) is 9.97 Å². The highest BCUT2D eigenvalue weighted by atomic mass is 16.4. The van der Waals surface area contributed by atoms with Crippen molar-refractivity contribution in [3.63, 3.8) is 0 Å². The Morgan fingerprint density at radius 3 is 2.46 bits per heavy atom. The second-order valence-electron chi connectivity index (χ2n) is 6.97. The molecule has 0 spiro atoms. The Hall–Kier alpha value is -2.22. The molecule has 8 nitrogen and oxygen atoms in total. The zero-order valence-corrected chi connectivity index (χ0v) is 15.1. The summed E-state index contributed by atoms with van der Waals surface area (Å²) in [6, 6.07) is 1.82. The summed E-state index contributed by atoms with van der Waals surface area (Å²) in [6.07, 6.45) is 6.18. The minimum Gasteiger partial charge on any atom is -0.481 e. The van der Waals surface area contributed by atoms with Crippen molar-refractivity contribution in [3.8, 4) is 0 Å². The molecule has 2 fully saturated rings. The molecular weight excluding hydrogens is 334 g/mol. The van der Waals surface area contributed by atoms with E-state index in [1.54, 1.807) is 12.4 Å². The van der Waals surface area contributed by atoms with Gasteiger partial charge in [0.05, 0.1) is 5.92 Å². The normalized spacial score (nSPS) is 20.0. The maximum absolute atomic E-state index is 12.4. The molecule has 1 aromatic heterocycles. The summed E-state index contributed by atoms with van der Waals surface area (Å²) in [5.41, 5.74) is 0. The molecule has 2 aliphatic heterocycles. The standard InChI is InChI=1S/C18H27N5O3/c24-16(22-11-3-15(4-12-22)17(25)26)5-10-21-8-2-9-23(14-13-21)18-19-6-1-7-20-18/h1,6-7,15H,2-5,8-14H2,(H,25,26). The molecule has 3 rings (SSSR count). The maximum Gasteiger partial charge on any atom is 0.306 e. The predicted molar refractivity (Wildman–Crippen MR) is 96.9 cm³/mol. The number of carbonyl (C=O) groups is 2. The lowest BCUT2D eigenvalue weighted by molar-refractivity contribution is -0.145. The Balaban J connectivity index is 1.41. The third-order valence-electron chi connectivity index (χ3n) is 5.26. The third-order valence-corrected chi connectivity index (χ3v) is 5.26. The third kappa shape index (κ3) is 4.91. The zero-order valence-electron chi connectivity index (χ0n) is 15.1. The van der Waals surface area contributed by atoms with Gasteiger partial charge >= 0.3 is 5.97 Å². The van der Waals surface area contributed by atoms with Crippen LogP contribution in [-0.4, -0.2) is 82.6 Å². The number of hydrogen-bond acceptors (Lipinski definition) is 6. The summed E-state index contributed by atoms with van der Waals surface area (Å²) in [5, 5.41) is 9.04. The molecule has 0 atom stereocenters. The molecule has 8 heteroatoms. The second-order valence-corrected chi connectivity index (χ2v) is 6.97. The van der Waals surface area contributed by atoms with Gasteiger partial charge < -0.3 is 19.8 Å². The minimum absolute atomic E-state index is 0.140. The SMILES string of the molecule is O=C(O)C1CCN(C(=O)CCN2CCCN(c3ncccn3)CC2)CC1. The van der Waals surface area contributed by atoms with Crippen molar-refractivity contribution in [2.75, 3.05) is 50.7 Å². The van der Waals surface area contributed by atoms with Crippen LogP contribution in [0.1, 0.15) is 25.7 Å². The summed E-state index contributed by atoms with van der Waals surface area (Å²) < 4.78 is 0. The monoisotopic (exact) mass is 361 g/mol. The summed E-state index contributed by atoms with van der Waals surface area (Å²) in [4.78, 5) is 38.4. The van der Waals surface area contributed by atoms with Gasteiger partial charge in [-0.3, -0.25) is 9.59 Å². The van der Waals surface area contributed by atoms with E-state index in [9.17, 15) is 9.59 Å². The van der Waals surface area contributed by atoms with E-state index in [1.165, 1.54) is 0 Å². The van der Waals surface area contributed by atoms with E-state index in [0.29, 0.717) is 32.4 Å². The number of carboxylic acids is 1. The molecule has 0 aromatic carbocycles. The average Bonchev–Trinajstić information content (AvgIpc) is 2.92. The van der Waals surface area contributed by atoms with Crippen LogP contribution in [0.4, 0.5) is 5.95 Å². The van der Waals surface area contributed by atoms with Gasteiger partial charge in [0, 0.05) is 58.1 Å². The number of hydrogen-bond donors (Lipinski definition) is 1. The molecule has 3 heterocycles. The number of amides is 1. The van der Waals surface area contributed by atoms with Crippen molar-refractivity contribution < 1.29 is 14.7 Å². The van der Waals surface area contributed by atoms with Gasteiger partial charge in [-0.05, 0) is 31.9 Å². The number of aromatic nitrogens is 2. The highest BCUT2D eigenvalue weighted by molar-refractivity contribution is 5.77. The molecule has 0 saturated carbocycles. The van der Waals surface area contributed by atoms with Crippen LogP contribution in [0, 0.1) is 5.92 Å². The lowest BCUT2D eigenvalue weighted by Gasteiger charge is -2.31. The average molecular weight is 361 g/mol. The highest BCUT2D eigenvalue weighted by Gasteiger charge is 2.27. The molecule has 0 aliphatic carbocycles. The molecule has 1 aromatic rings. The summed E-state index contributed by atoms with van der Waals surface area (Å²) >= 11 is 0. The number of anilines is 1. The van der Waals surface area contributed by atoms with Crippen LogP contribution in [0.15, 0.2) is 18.5 Å². The van der Waals surface area contributed by atoms with E-state index in [1.807, 2.05) is 11.0 Å². The van der Waals surface area contributed by atoms with Gasteiger partial charge in [-0.15, -0.1) is 0 Å². The van der Waals surface area contributed by atoms with Crippen molar-refractivity contribution in [2.45, 2.75) is 25.7 Å². The molecule has 0 bridgehead atoms. The fraction of sp³-hybridized carbons (Fsp3) is 0.667. The summed E-state index contributed by atoms with van der Waals surface area (Å²) in [6.45, 7) is 5.54. The minimum atomic E-state index is -0.742. The first kappa shape index (κ1) is 18.6. The van der Waals surface area contributed by atoms with Crippen molar-refractivity contribution in [2.24, 2.45) is 5.92 Å². The fourth-order valence-electron chi connectivity index (χ4n) is 3.64. The molecule has 26 heavy (non-hydrogen) atoms. The Labute approximate surface area is 153 Å².